The van der Waals surface area contributed by atoms with Crippen molar-refractivity contribution < 1.29 is 9.47 Å². The molecule has 0 amide bonds. The van der Waals surface area contributed by atoms with Crippen LogP contribution in [0.3, 0.4) is 0 Å². The molecule has 0 aromatic heterocycles. The summed E-state index contributed by atoms with van der Waals surface area (Å²) in [5, 5.41) is 0. The van der Waals surface area contributed by atoms with Crippen LogP contribution in [0.25, 0.3) is 0 Å². The molecule has 0 N–H and O–H groups in total. The van der Waals surface area contributed by atoms with Crippen LogP contribution in [-0.2, 0) is 11.2 Å². The summed E-state index contributed by atoms with van der Waals surface area (Å²) in [6, 6.07) is 8.42. The minimum Gasteiger partial charge on any atom is -0.490 e. The summed E-state index contributed by atoms with van der Waals surface area (Å²) in [6.45, 7) is 5.80. The highest BCUT2D eigenvalue weighted by Crippen LogP contribution is 2.28. The maximum absolute atomic E-state index is 5.95. The van der Waals surface area contributed by atoms with Gasteiger partial charge in [0.2, 0.25) is 0 Å². The molecular formula is C20H30O2. The summed E-state index contributed by atoms with van der Waals surface area (Å²) in [6.07, 6.45) is 13.2. The van der Waals surface area contributed by atoms with Gasteiger partial charge >= 0.3 is 0 Å². The lowest BCUT2D eigenvalue weighted by Crippen LogP contribution is -2.17. The van der Waals surface area contributed by atoms with Crippen molar-refractivity contribution in [3.8, 4) is 5.75 Å². The second kappa shape index (κ2) is 8.99. The third-order valence-corrected chi connectivity index (χ3v) is 4.08. The zero-order valence-electron chi connectivity index (χ0n) is 14.1. The number of rotatable bonds is 11. The zero-order valence-corrected chi connectivity index (χ0v) is 14.1. The summed E-state index contributed by atoms with van der Waals surface area (Å²) in [7, 11) is 0. The normalized spacial score (nSPS) is 20.5. The number of allylic oxidation sites excluding steroid dienone is 2. The number of benzene rings is 1. The Kier molecular flexibility index (Phi) is 6.98. The predicted molar refractivity (Wildman–Crippen MR) is 92.5 cm³/mol. The Morgan fingerprint density at radius 3 is 2.68 bits per heavy atom. The Morgan fingerprint density at radius 2 is 1.91 bits per heavy atom. The number of para-hydroxylation sites is 1. The average Bonchev–Trinajstić information content (AvgIpc) is 3.27. The fourth-order valence-corrected chi connectivity index (χ4v) is 2.44. The quantitative estimate of drug-likeness (QED) is 0.314. The van der Waals surface area contributed by atoms with Gasteiger partial charge in [-0.15, -0.1) is 0 Å². The van der Waals surface area contributed by atoms with Crippen LogP contribution in [0.15, 0.2) is 36.4 Å². The molecule has 1 unspecified atom stereocenters. The van der Waals surface area contributed by atoms with Crippen LogP contribution in [0.2, 0.25) is 0 Å². The highest BCUT2D eigenvalue weighted by Gasteiger charge is 2.40. The van der Waals surface area contributed by atoms with Gasteiger partial charge in [0.05, 0.1) is 6.61 Å². The van der Waals surface area contributed by atoms with Crippen LogP contribution in [0.1, 0.15) is 57.9 Å². The van der Waals surface area contributed by atoms with E-state index in [1.54, 1.807) is 0 Å². The molecule has 122 valence electrons. The molecule has 0 aliphatic carbocycles. The predicted octanol–water partition coefficient (Wildman–Crippen LogP) is 5.31. The monoisotopic (exact) mass is 302 g/mol. The number of hydrogen-bond acceptors (Lipinski definition) is 2. The first kappa shape index (κ1) is 17.1. The lowest BCUT2D eigenvalue weighted by atomic mass is 10.0. The van der Waals surface area contributed by atoms with E-state index < -0.39 is 0 Å². The lowest BCUT2D eigenvalue weighted by Gasteiger charge is -2.13. The van der Waals surface area contributed by atoms with Gasteiger partial charge in [0.25, 0.3) is 0 Å². The van der Waals surface area contributed by atoms with Gasteiger partial charge in [0, 0.05) is 0 Å². The van der Waals surface area contributed by atoms with E-state index in [1.165, 1.54) is 44.1 Å². The minimum absolute atomic E-state index is 0.0437. The number of aryl methyl sites for hydroxylation is 1. The van der Waals surface area contributed by atoms with Crippen molar-refractivity contribution in [1.29, 1.82) is 0 Å². The first-order valence-corrected chi connectivity index (χ1v) is 8.73. The van der Waals surface area contributed by atoms with Crippen molar-refractivity contribution in [3.05, 3.63) is 42.0 Å². The maximum atomic E-state index is 5.95. The second-order valence-electron chi connectivity index (χ2n) is 6.49. The number of hydrogen-bond donors (Lipinski definition) is 0. The Hall–Kier alpha value is -1.28. The largest absolute Gasteiger partial charge is 0.490 e. The molecule has 22 heavy (non-hydrogen) atoms. The maximum Gasteiger partial charge on any atom is 0.123 e. The molecule has 1 aromatic rings. The third-order valence-electron chi connectivity index (χ3n) is 4.08. The first-order valence-electron chi connectivity index (χ1n) is 8.73. The number of unbranched alkanes of at least 4 members (excludes halogenated alkanes) is 4. The Morgan fingerprint density at radius 1 is 1.14 bits per heavy atom. The van der Waals surface area contributed by atoms with Crippen LogP contribution >= 0.6 is 0 Å². The van der Waals surface area contributed by atoms with Crippen LogP contribution in [0.5, 0.6) is 5.75 Å². The molecule has 1 aliphatic heterocycles. The van der Waals surface area contributed by atoms with Gasteiger partial charge < -0.3 is 9.47 Å². The van der Waals surface area contributed by atoms with E-state index >= 15 is 0 Å². The molecule has 0 spiro atoms. The van der Waals surface area contributed by atoms with E-state index in [-0.39, 0.29) is 5.60 Å². The van der Waals surface area contributed by atoms with E-state index in [2.05, 4.69) is 44.2 Å². The molecule has 1 fully saturated rings. The van der Waals surface area contributed by atoms with Crippen LogP contribution in [0.4, 0.5) is 0 Å². The number of epoxide rings is 1. The van der Waals surface area contributed by atoms with Crippen molar-refractivity contribution >= 4 is 0 Å². The van der Waals surface area contributed by atoms with Gasteiger partial charge in [-0.2, -0.15) is 0 Å². The van der Waals surface area contributed by atoms with E-state index in [1.807, 2.05) is 6.07 Å². The van der Waals surface area contributed by atoms with Gasteiger partial charge in [-0.25, -0.2) is 0 Å². The van der Waals surface area contributed by atoms with Crippen LogP contribution in [-0.4, -0.2) is 18.8 Å². The summed E-state index contributed by atoms with van der Waals surface area (Å²) >= 11 is 0. The smallest absolute Gasteiger partial charge is 0.123 e. The Balaban J connectivity index is 1.66. The van der Waals surface area contributed by atoms with Crippen molar-refractivity contribution in [2.24, 2.45) is 0 Å². The van der Waals surface area contributed by atoms with E-state index in [0.29, 0.717) is 6.61 Å². The fourth-order valence-electron chi connectivity index (χ4n) is 2.44. The molecule has 1 saturated heterocycles. The second-order valence-corrected chi connectivity index (χ2v) is 6.49. The molecule has 2 rings (SSSR count). The Labute approximate surface area is 135 Å². The summed E-state index contributed by atoms with van der Waals surface area (Å²) in [5.74, 6) is 1.03. The van der Waals surface area contributed by atoms with Crippen molar-refractivity contribution in [2.45, 2.75) is 64.4 Å². The molecule has 2 heteroatoms. The molecule has 1 heterocycles. The fraction of sp³-hybridized carbons (Fsp3) is 0.600. The molecule has 2 nitrogen and oxygen atoms in total. The van der Waals surface area contributed by atoms with Gasteiger partial charge in [0.1, 0.15) is 18.0 Å². The lowest BCUT2D eigenvalue weighted by molar-refractivity contribution is 0.201. The molecule has 0 saturated carbocycles. The number of ether oxygens (including phenoxy) is 2. The summed E-state index contributed by atoms with van der Waals surface area (Å²) < 4.78 is 11.3. The highest BCUT2D eigenvalue weighted by molar-refractivity contribution is 5.33. The molecule has 1 atom stereocenters. The van der Waals surface area contributed by atoms with Crippen molar-refractivity contribution in [2.75, 3.05) is 13.2 Å². The van der Waals surface area contributed by atoms with Crippen LogP contribution < -0.4 is 4.74 Å². The first-order chi connectivity index (χ1) is 10.7. The molecule has 1 aromatic carbocycles. The minimum atomic E-state index is -0.0437. The van der Waals surface area contributed by atoms with Gasteiger partial charge in [-0.3, -0.25) is 0 Å². The summed E-state index contributed by atoms with van der Waals surface area (Å²) in [5.41, 5.74) is 1.28. The zero-order chi connectivity index (χ0) is 15.7. The summed E-state index contributed by atoms with van der Waals surface area (Å²) in [4.78, 5) is 0. The van der Waals surface area contributed by atoms with E-state index in [0.717, 1.165) is 18.8 Å². The van der Waals surface area contributed by atoms with Gasteiger partial charge in [0.15, 0.2) is 0 Å². The SMILES string of the molecule is CCC/C=C/CCCCCc1ccccc1OCC1(C)CO1. The molecular weight excluding hydrogens is 272 g/mol. The average molecular weight is 302 g/mol. The molecule has 0 bridgehead atoms. The van der Waals surface area contributed by atoms with Crippen molar-refractivity contribution in [1.82, 2.24) is 0 Å². The highest BCUT2D eigenvalue weighted by atomic mass is 16.6. The third kappa shape index (κ3) is 6.23. The van der Waals surface area contributed by atoms with E-state index in [9.17, 15) is 0 Å². The van der Waals surface area contributed by atoms with Gasteiger partial charge in [-0.1, -0.05) is 50.1 Å². The molecule has 0 radical (unpaired) electrons. The topological polar surface area (TPSA) is 21.8 Å². The molecule has 1 aliphatic rings. The van der Waals surface area contributed by atoms with E-state index in [4.69, 9.17) is 9.47 Å². The van der Waals surface area contributed by atoms with Crippen molar-refractivity contribution in [3.63, 3.8) is 0 Å². The van der Waals surface area contributed by atoms with Crippen LogP contribution in [0, 0.1) is 0 Å². The Bertz CT molecular complexity index is 461. The van der Waals surface area contributed by atoms with Gasteiger partial charge in [-0.05, 0) is 50.7 Å². The standard InChI is InChI=1S/C20H30O2/c1-3-4-5-6-7-8-9-10-13-18-14-11-12-15-19(18)21-16-20(2)17-22-20/h5-6,11-12,14-15H,3-4,7-10,13,16-17H2,1-2H3/b6-5+.